The minimum Gasteiger partial charge on any atom is -0.494 e. The fourth-order valence-corrected chi connectivity index (χ4v) is 3.23. The van der Waals surface area contributed by atoms with Crippen LogP contribution in [0.2, 0.25) is 5.02 Å². The number of nitrogens with zero attached hydrogens (tertiary/aromatic N) is 2. The number of thiocarbonyl (C=S) groups is 1. The predicted octanol–water partition coefficient (Wildman–Crippen LogP) is 5.53. The second kappa shape index (κ2) is 10.1. The zero-order valence-corrected chi connectivity index (χ0v) is 17.2. The lowest BCUT2D eigenvalue weighted by molar-refractivity contribution is 0.340. The molecule has 0 fully saturated rings. The Morgan fingerprint density at radius 3 is 2.50 bits per heavy atom. The molecule has 0 bridgehead atoms. The summed E-state index contributed by atoms with van der Waals surface area (Å²) < 4.78 is 5.49. The molecule has 0 aliphatic rings. The van der Waals surface area contributed by atoms with Crippen LogP contribution in [-0.4, -0.2) is 21.6 Å². The van der Waals surface area contributed by atoms with E-state index in [9.17, 15) is 0 Å². The van der Waals surface area contributed by atoms with Gasteiger partial charge in [-0.1, -0.05) is 29.8 Å². The highest BCUT2D eigenvalue weighted by atomic mass is 35.5. The first-order valence-corrected chi connectivity index (χ1v) is 9.85. The molecule has 2 aromatic carbocycles. The van der Waals surface area contributed by atoms with E-state index < -0.39 is 0 Å². The van der Waals surface area contributed by atoms with Gasteiger partial charge in [0.1, 0.15) is 5.75 Å². The fourth-order valence-electron chi connectivity index (χ4n) is 2.77. The van der Waals surface area contributed by atoms with Gasteiger partial charge >= 0.3 is 0 Å². The van der Waals surface area contributed by atoms with Crippen molar-refractivity contribution in [1.82, 2.24) is 9.88 Å². The molecule has 144 valence electrons. The van der Waals surface area contributed by atoms with Crippen LogP contribution >= 0.6 is 23.8 Å². The summed E-state index contributed by atoms with van der Waals surface area (Å²) in [5.74, 6) is 0.838. The highest BCUT2D eigenvalue weighted by molar-refractivity contribution is 7.80. The van der Waals surface area contributed by atoms with E-state index in [0.717, 1.165) is 22.6 Å². The molecule has 0 aliphatic heterocycles. The Hall–Kier alpha value is -2.63. The molecule has 1 heterocycles. The van der Waals surface area contributed by atoms with E-state index in [4.69, 9.17) is 28.6 Å². The van der Waals surface area contributed by atoms with Gasteiger partial charge in [0.2, 0.25) is 0 Å². The SMILES string of the molecule is CCOc1ccc(NC(=S)N(Cc2cccnc2)Cc2cccc(Cl)c2)cc1. The molecule has 28 heavy (non-hydrogen) atoms. The normalized spacial score (nSPS) is 10.4. The van der Waals surface area contributed by atoms with Crippen molar-refractivity contribution < 1.29 is 4.74 Å². The Labute approximate surface area is 176 Å². The molecule has 0 aliphatic carbocycles. The maximum Gasteiger partial charge on any atom is 0.174 e. The van der Waals surface area contributed by atoms with Gasteiger partial charge in [-0.3, -0.25) is 4.98 Å². The third kappa shape index (κ3) is 5.94. The van der Waals surface area contributed by atoms with Crippen LogP contribution in [0, 0.1) is 0 Å². The number of benzene rings is 2. The second-order valence-corrected chi connectivity index (χ2v) is 7.06. The van der Waals surface area contributed by atoms with Crippen molar-refractivity contribution in [2.24, 2.45) is 0 Å². The van der Waals surface area contributed by atoms with Crippen LogP contribution in [0.25, 0.3) is 0 Å². The molecule has 0 saturated carbocycles. The van der Waals surface area contributed by atoms with E-state index in [-0.39, 0.29) is 0 Å². The highest BCUT2D eigenvalue weighted by Gasteiger charge is 2.12. The average Bonchev–Trinajstić information content (AvgIpc) is 2.70. The van der Waals surface area contributed by atoms with Crippen molar-refractivity contribution in [3.63, 3.8) is 0 Å². The van der Waals surface area contributed by atoms with E-state index in [1.54, 1.807) is 6.20 Å². The predicted molar refractivity (Wildman–Crippen MR) is 119 cm³/mol. The molecule has 1 aromatic heterocycles. The number of halogens is 1. The van der Waals surface area contributed by atoms with Gasteiger partial charge < -0.3 is 15.0 Å². The van der Waals surface area contributed by atoms with Crippen molar-refractivity contribution in [1.29, 1.82) is 0 Å². The van der Waals surface area contributed by atoms with Crippen LogP contribution in [-0.2, 0) is 13.1 Å². The zero-order valence-electron chi connectivity index (χ0n) is 15.6. The summed E-state index contributed by atoms with van der Waals surface area (Å²) in [6.45, 7) is 3.89. The maximum atomic E-state index is 6.15. The molecule has 0 saturated heterocycles. The summed E-state index contributed by atoms with van der Waals surface area (Å²) in [6, 6.07) is 19.5. The van der Waals surface area contributed by atoms with E-state index in [2.05, 4.69) is 15.2 Å². The van der Waals surface area contributed by atoms with Gasteiger partial charge in [0.05, 0.1) is 6.61 Å². The fraction of sp³-hybridized carbons (Fsp3) is 0.182. The quantitative estimate of drug-likeness (QED) is 0.517. The molecule has 0 unspecified atom stereocenters. The number of nitrogens with one attached hydrogen (secondary N) is 1. The summed E-state index contributed by atoms with van der Waals surface area (Å²) >= 11 is 11.9. The summed E-state index contributed by atoms with van der Waals surface area (Å²) in [6.07, 6.45) is 3.62. The molecule has 0 spiro atoms. The first-order chi connectivity index (χ1) is 13.6. The molecule has 4 nitrogen and oxygen atoms in total. The number of anilines is 1. The standard InChI is InChI=1S/C22H22ClN3OS/c1-2-27-21-10-8-20(9-11-21)25-22(28)26(16-18-6-4-12-24-14-18)15-17-5-3-7-19(23)13-17/h3-14H,2,15-16H2,1H3,(H,25,28). The van der Waals surface area contributed by atoms with Gasteiger partial charge in [0.25, 0.3) is 0 Å². The average molecular weight is 412 g/mol. The maximum absolute atomic E-state index is 6.15. The Bertz CT molecular complexity index is 903. The van der Waals surface area contributed by atoms with Crippen molar-refractivity contribution in [2.45, 2.75) is 20.0 Å². The van der Waals surface area contributed by atoms with Gasteiger partial charge in [0, 0.05) is 36.2 Å². The summed E-state index contributed by atoms with van der Waals surface area (Å²) in [4.78, 5) is 6.30. The van der Waals surface area contributed by atoms with Crippen molar-refractivity contribution in [3.05, 3.63) is 89.2 Å². The van der Waals surface area contributed by atoms with Crippen molar-refractivity contribution >= 4 is 34.6 Å². The molecule has 0 atom stereocenters. The van der Waals surface area contributed by atoms with Gasteiger partial charge in [-0.25, -0.2) is 0 Å². The third-order valence-corrected chi connectivity index (χ3v) is 4.66. The first kappa shape index (κ1) is 20.1. The number of pyridine rings is 1. The van der Waals surface area contributed by atoms with E-state index in [0.29, 0.717) is 29.8 Å². The van der Waals surface area contributed by atoms with Crippen molar-refractivity contribution in [2.75, 3.05) is 11.9 Å². The molecule has 3 aromatic rings. The third-order valence-electron chi connectivity index (χ3n) is 4.06. The summed E-state index contributed by atoms with van der Waals surface area (Å²) in [5.41, 5.74) is 3.09. The van der Waals surface area contributed by atoms with Gasteiger partial charge in [-0.15, -0.1) is 0 Å². The molecule has 0 amide bonds. The number of hydrogen-bond donors (Lipinski definition) is 1. The minimum absolute atomic E-state index is 0.632. The highest BCUT2D eigenvalue weighted by Crippen LogP contribution is 2.18. The number of hydrogen-bond acceptors (Lipinski definition) is 3. The Kier molecular flexibility index (Phi) is 7.23. The second-order valence-electron chi connectivity index (χ2n) is 6.23. The molecule has 1 N–H and O–H groups in total. The van der Waals surface area contributed by atoms with Crippen LogP contribution < -0.4 is 10.1 Å². The number of ether oxygens (including phenoxy) is 1. The molecular formula is C22H22ClN3OS. The lowest BCUT2D eigenvalue weighted by Gasteiger charge is -2.26. The Balaban J connectivity index is 1.75. The van der Waals surface area contributed by atoms with E-state index in [1.165, 1.54) is 0 Å². The Morgan fingerprint density at radius 1 is 1.07 bits per heavy atom. The topological polar surface area (TPSA) is 37.4 Å². The summed E-state index contributed by atoms with van der Waals surface area (Å²) in [5, 5.41) is 4.66. The van der Waals surface area contributed by atoms with Gasteiger partial charge in [0.15, 0.2) is 5.11 Å². The molecule has 3 rings (SSSR count). The lowest BCUT2D eigenvalue weighted by Crippen LogP contribution is -2.33. The Morgan fingerprint density at radius 2 is 1.82 bits per heavy atom. The van der Waals surface area contributed by atoms with Gasteiger partial charge in [-0.2, -0.15) is 0 Å². The number of aromatic nitrogens is 1. The van der Waals surface area contributed by atoms with Crippen LogP contribution in [0.15, 0.2) is 73.1 Å². The van der Waals surface area contributed by atoms with Gasteiger partial charge in [-0.05, 0) is 72.7 Å². The van der Waals surface area contributed by atoms with E-state index >= 15 is 0 Å². The molecule has 0 radical (unpaired) electrons. The first-order valence-electron chi connectivity index (χ1n) is 9.06. The smallest absolute Gasteiger partial charge is 0.174 e. The summed E-state index contributed by atoms with van der Waals surface area (Å²) in [7, 11) is 0. The zero-order chi connectivity index (χ0) is 19.8. The number of rotatable bonds is 7. The molecular weight excluding hydrogens is 390 g/mol. The van der Waals surface area contributed by atoms with Crippen LogP contribution in [0.1, 0.15) is 18.1 Å². The van der Waals surface area contributed by atoms with E-state index in [1.807, 2.05) is 73.8 Å². The van der Waals surface area contributed by atoms with Crippen LogP contribution in [0.3, 0.4) is 0 Å². The minimum atomic E-state index is 0.632. The van der Waals surface area contributed by atoms with Crippen LogP contribution in [0.4, 0.5) is 5.69 Å². The monoisotopic (exact) mass is 411 g/mol. The molecule has 6 heteroatoms. The largest absolute Gasteiger partial charge is 0.494 e. The van der Waals surface area contributed by atoms with Crippen molar-refractivity contribution in [3.8, 4) is 5.75 Å². The van der Waals surface area contributed by atoms with Crippen LogP contribution in [0.5, 0.6) is 5.75 Å². The lowest BCUT2D eigenvalue weighted by atomic mass is 10.2.